The number of nitrogens with zero attached hydrogens (tertiary/aromatic N) is 1. The SMILES string of the molecule is O=C(N/N=C\c1ccc(O)cc1)C(=O)Nc1cccc(Cl)c1. The zero-order chi connectivity index (χ0) is 15.9. The lowest BCUT2D eigenvalue weighted by molar-refractivity contribution is -0.136. The average Bonchev–Trinajstić information content (AvgIpc) is 2.49. The van der Waals surface area contributed by atoms with Gasteiger partial charge in [0.2, 0.25) is 0 Å². The highest BCUT2D eigenvalue weighted by Gasteiger charge is 2.12. The number of rotatable bonds is 3. The zero-order valence-corrected chi connectivity index (χ0v) is 12.0. The van der Waals surface area contributed by atoms with E-state index in [2.05, 4.69) is 15.8 Å². The summed E-state index contributed by atoms with van der Waals surface area (Å²) < 4.78 is 0. The number of benzene rings is 2. The molecular formula is C15H12ClN3O3. The normalized spacial score (nSPS) is 10.4. The number of halogens is 1. The van der Waals surface area contributed by atoms with Crippen molar-refractivity contribution in [1.82, 2.24) is 5.43 Å². The number of hydrogen-bond acceptors (Lipinski definition) is 4. The summed E-state index contributed by atoms with van der Waals surface area (Å²) in [5.41, 5.74) is 3.18. The van der Waals surface area contributed by atoms with Crippen molar-refractivity contribution in [3.63, 3.8) is 0 Å². The third-order valence-electron chi connectivity index (χ3n) is 2.56. The first kappa shape index (κ1) is 15.5. The molecule has 0 heterocycles. The summed E-state index contributed by atoms with van der Waals surface area (Å²) in [6, 6.07) is 12.6. The van der Waals surface area contributed by atoms with Gasteiger partial charge in [-0.3, -0.25) is 9.59 Å². The van der Waals surface area contributed by atoms with Gasteiger partial charge in [0, 0.05) is 10.7 Å². The number of carbonyl (C=O) groups is 2. The van der Waals surface area contributed by atoms with Gasteiger partial charge in [-0.1, -0.05) is 17.7 Å². The minimum atomic E-state index is -0.907. The van der Waals surface area contributed by atoms with Crippen molar-refractivity contribution in [1.29, 1.82) is 0 Å². The van der Waals surface area contributed by atoms with Crippen LogP contribution in [0.15, 0.2) is 53.6 Å². The maximum atomic E-state index is 11.6. The standard InChI is InChI=1S/C15H12ClN3O3/c16-11-2-1-3-12(8-11)18-14(21)15(22)19-17-9-10-4-6-13(20)7-5-10/h1-9,20H,(H,18,21)(H,19,22)/b17-9-. The number of carbonyl (C=O) groups excluding carboxylic acids is 2. The van der Waals surface area contributed by atoms with Gasteiger partial charge in [-0.15, -0.1) is 0 Å². The van der Waals surface area contributed by atoms with Crippen molar-refractivity contribution in [2.75, 3.05) is 5.32 Å². The molecule has 0 bridgehead atoms. The Balaban J connectivity index is 1.89. The lowest BCUT2D eigenvalue weighted by Gasteiger charge is -2.03. The van der Waals surface area contributed by atoms with Crippen molar-refractivity contribution in [2.45, 2.75) is 0 Å². The number of phenolic OH excluding ortho intramolecular Hbond substituents is 1. The van der Waals surface area contributed by atoms with Crippen LogP contribution in [0.25, 0.3) is 0 Å². The summed E-state index contributed by atoms with van der Waals surface area (Å²) >= 11 is 5.78. The molecule has 0 aliphatic rings. The molecule has 7 heteroatoms. The largest absolute Gasteiger partial charge is 0.508 e. The number of anilines is 1. The Morgan fingerprint density at radius 3 is 2.50 bits per heavy atom. The molecule has 0 saturated carbocycles. The van der Waals surface area contributed by atoms with E-state index in [-0.39, 0.29) is 5.75 Å². The van der Waals surface area contributed by atoms with E-state index in [0.717, 1.165) is 0 Å². The molecule has 0 unspecified atom stereocenters. The predicted octanol–water partition coefficient (Wildman–Crippen LogP) is 2.13. The summed E-state index contributed by atoms with van der Waals surface area (Å²) in [5.74, 6) is -1.64. The average molecular weight is 318 g/mol. The quantitative estimate of drug-likeness (QED) is 0.460. The van der Waals surface area contributed by atoms with Gasteiger partial charge in [0.25, 0.3) is 0 Å². The van der Waals surface area contributed by atoms with Crippen molar-refractivity contribution in [2.24, 2.45) is 5.10 Å². The number of nitrogens with one attached hydrogen (secondary N) is 2. The van der Waals surface area contributed by atoms with Crippen LogP contribution >= 0.6 is 11.6 Å². The van der Waals surface area contributed by atoms with Crippen LogP contribution in [0.1, 0.15) is 5.56 Å². The van der Waals surface area contributed by atoms with Gasteiger partial charge < -0.3 is 10.4 Å². The second-order valence-corrected chi connectivity index (χ2v) is 4.69. The first-order valence-electron chi connectivity index (χ1n) is 6.23. The molecule has 22 heavy (non-hydrogen) atoms. The topological polar surface area (TPSA) is 90.8 Å². The minimum Gasteiger partial charge on any atom is -0.508 e. The van der Waals surface area contributed by atoms with Crippen LogP contribution in [0, 0.1) is 0 Å². The fourth-order valence-electron chi connectivity index (χ4n) is 1.53. The van der Waals surface area contributed by atoms with E-state index < -0.39 is 11.8 Å². The molecule has 6 nitrogen and oxygen atoms in total. The van der Waals surface area contributed by atoms with E-state index in [1.165, 1.54) is 24.4 Å². The Bertz CT molecular complexity index is 714. The lowest BCUT2D eigenvalue weighted by atomic mass is 10.2. The summed E-state index contributed by atoms with van der Waals surface area (Å²) in [7, 11) is 0. The highest BCUT2D eigenvalue weighted by molar-refractivity contribution is 6.39. The molecule has 0 aliphatic heterocycles. The molecule has 0 radical (unpaired) electrons. The Kier molecular flexibility index (Phi) is 5.11. The fraction of sp³-hybridized carbons (Fsp3) is 0. The van der Waals surface area contributed by atoms with Crippen LogP contribution < -0.4 is 10.7 Å². The van der Waals surface area contributed by atoms with Gasteiger partial charge in [0.15, 0.2) is 0 Å². The number of hydrazone groups is 1. The third-order valence-corrected chi connectivity index (χ3v) is 2.80. The van der Waals surface area contributed by atoms with E-state index in [0.29, 0.717) is 16.3 Å². The highest BCUT2D eigenvalue weighted by Crippen LogP contribution is 2.14. The number of aromatic hydroxyl groups is 1. The smallest absolute Gasteiger partial charge is 0.329 e. The zero-order valence-electron chi connectivity index (χ0n) is 11.3. The molecule has 0 aliphatic carbocycles. The number of hydrogen-bond donors (Lipinski definition) is 3. The van der Waals surface area contributed by atoms with Gasteiger partial charge in [0.05, 0.1) is 6.21 Å². The number of phenols is 1. The van der Waals surface area contributed by atoms with E-state index in [4.69, 9.17) is 16.7 Å². The van der Waals surface area contributed by atoms with E-state index in [1.807, 2.05) is 0 Å². The molecule has 2 aromatic rings. The van der Waals surface area contributed by atoms with Crippen LogP contribution in [-0.2, 0) is 9.59 Å². The molecular weight excluding hydrogens is 306 g/mol. The molecule has 3 N–H and O–H groups in total. The molecule has 2 rings (SSSR count). The number of amides is 2. The molecule has 0 fully saturated rings. The van der Waals surface area contributed by atoms with Gasteiger partial charge in [-0.05, 0) is 48.0 Å². The predicted molar refractivity (Wildman–Crippen MR) is 83.9 cm³/mol. The van der Waals surface area contributed by atoms with E-state index >= 15 is 0 Å². The second-order valence-electron chi connectivity index (χ2n) is 4.26. The fourth-order valence-corrected chi connectivity index (χ4v) is 1.72. The van der Waals surface area contributed by atoms with Crippen LogP contribution in [-0.4, -0.2) is 23.1 Å². The Morgan fingerprint density at radius 1 is 1.09 bits per heavy atom. The molecule has 2 amide bonds. The first-order chi connectivity index (χ1) is 10.5. The summed E-state index contributed by atoms with van der Waals surface area (Å²) in [4.78, 5) is 23.2. The maximum Gasteiger partial charge on any atom is 0.329 e. The van der Waals surface area contributed by atoms with Gasteiger partial charge in [-0.2, -0.15) is 5.10 Å². The van der Waals surface area contributed by atoms with Crippen LogP contribution in [0.4, 0.5) is 5.69 Å². The second kappa shape index (κ2) is 7.24. The Morgan fingerprint density at radius 2 is 1.82 bits per heavy atom. The van der Waals surface area contributed by atoms with Gasteiger partial charge in [0.1, 0.15) is 5.75 Å². The molecule has 112 valence electrons. The Hall–Kier alpha value is -2.86. The summed E-state index contributed by atoms with van der Waals surface area (Å²) in [6.07, 6.45) is 1.35. The van der Waals surface area contributed by atoms with Crippen molar-refractivity contribution in [3.8, 4) is 5.75 Å². The van der Waals surface area contributed by atoms with E-state index in [1.54, 1.807) is 30.3 Å². The van der Waals surface area contributed by atoms with Crippen LogP contribution in [0.2, 0.25) is 5.02 Å². The maximum absolute atomic E-state index is 11.6. The van der Waals surface area contributed by atoms with Gasteiger partial charge >= 0.3 is 11.8 Å². The monoisotopic (exact) mass is 317 g/mol. The van der Waals surface area contributed by atoms with Gasteiger partial charge in [-0.25, -0.2) is 5.43 Å². The molecule has 2 aromatic carbocycles. The van der Waals surface area contributed by atoms with Crippen molar-refractivity contribution in [3.05, 3.63) is 59.1 Å². The first-order valence-corrected chi connectivity index (χ1v) is 6.61. The summed E-state index contributed by atoms with van der Waals surface area (Å²) in [6.45, 7) is 0. The minimum absolute atomic E-state index is 0.127. The van der Waals surface area contributed by atoms with Crippen LogP contribution in [0.5, 0.6) is 5.75 Å². The lowest BCUT2D eigenvalue weighted by Crippen LogP contribution is -2.32. The summed E-state index contributed by atoms with van der Waals surface area (Å²) in [5, 5.41) is 15.6. The van der Waals surface area contributed by atoms with E-state index in [9.17, 15) is 9.59 Å². The third kappa shape index (κ3) is 4.60. The van der Waals surface area contributed by atoms with Crippen molar-refractivity contribution >= 4 is 35.3 Å². The molecule has 0 spiro atoms. The van der Waals surface area contributed by atoms with Crippen molar-refractivity contribution < 1.29 is 14.7 Å². The molecule has 0 atom stereocenters. The molecule has 0 saturated heterocycles. The van der Waals surface area contributed by atoms with Crippen LogP contribution in [0.3, 0.4) is 0 Å². The highest BCUT2D eigenvalue weighted by atomic mass is 35.5. The molecule has 0 aromatic heterocycles. The Labute approximate surface area is 131 Å².